The van der Waals surface area contributed by atoms with Gasteiger partial charge in [0.2, 0.25) is 0 Å². The minimum atomic E-state index is -0.278. The first-order valence-corrected chi connectivity index (χ1v) is 7.73. The number of hydrogen-bond donors (Lipinski definition) is 1. The van der Waals surface area contributed by atoms with E-state index in [-0.39, 0.29) is 5.54 Å². The fourth-order valence-electron chi connectivity index (χ4n) is 2.55. The fourth-order valence-corrected chi connectivity index (χ4v) is 3.90. The maximum atomic E-state index is 6.58. The molecule has 0 radical (unpaired) electrons. The Labute approximate surface area is 119 Å². The van der Waals surface area contributed by atoms with Gasteiger partial charge in [-0.15, -0.1) is 11.3 Å². The lowest BCUT2D eigenvalue weighted by molar-refractivity contribution is 0.383. The monoisotopic (exact) mass is 322 g/mol. The van der Waals surface area contributed by atoms with Crippen LogP contribution in [0, 0.1) is 6.92 Å². The summed E-state index contributed by atoms with van der Waals surface area (Å²) >= 11 is 5.21. The molecule has 0 saturated heterocycles. The summed E-state index contributed by atoms with van der Waals surface area (Å²) in [4.78, 5) is 4.58. The van der Waals surface area contributed by atoms with Crippen LogP contribution in [0.15, 0.2) is 28.1 Å². The molecule has 3 rings (SSSR count). The number of hydrogen-bond acceptors (Lipinski definition) is 3. The van der Waals surface area contributed by atoms with Crippen molar-refractivity contribution in [3.8, 4) is 0 Å². The molecule has 0 amide bonds. The standard InChI is InChI=1S/C14H15BrN2S/c1-9-8-18-13(17-9)14(16)5-4-10-6-12(15)3-2-11(10)7-14/h2-3,6,8H,4-5,7,16H2,1H3. The summed E-state index contributed by atoms with van der Waals surface area (Å²) in [6.07, 6.45) is 2.90. The van der Waals surface area contributed by atoms with Crippen molar-refractivity contribution in [3.05, 3.63) is 49.9 Å². The molecule has 0 spiro atoms. The highest BCUT2D eigenvalue weighted by Crippen LogP contribution is 2.36. The molecule has 2 nitrogen and oxygen atoms in total. The van der Waals surface area contributed by atoms with Gasteiger partial charge in [-0.2, -0.15) is 0 Å². The minimum Gasteiger partial charge on any atom is -0.319 e. The molecule has 0 bridgehead atoms. The van der Waals surface area contributed by atoms with E-state index < -0.39 is 0 Å². The lowest BCUT2D eigenvalue weighted by Crippen LogP contribution is -2.42. The molecule has 0 aliphatic heterocycles. The average molecular weight is 323 g/mol. The zero-order chi connectivity index (χ0) is 12.8. The number of aryl methyl sites for hydroxylation is 2. The second-order valence-electron chi connectivity index (χ2n) is 5.04. The SMILES string of the molecule is Cc1csc(C2(N)CCc3cc(Br)ccc3C2)n1. The van der Waals surface area contributed by atoms with E-state index in [0.717, 1.165) is 34.4 Å². The third kappa shape index (κ3) is 2.13. The van der Waals surface area contributed by atoms with Crippen LogP contribution in [-0.2, 0) is 18.4 Å². The number of halogens is 1. The van der Waals surface area contributed by atoms with Crippen molar-refractivity contribution in [2.24, 2.45) is 5.73 Å². The van der Waals surface area contributed by atoms with Gasteiger partial charge in [0.05, 0.1) is 5.54 Å². The van der Waals surface area contributed by atoms with Crippen molar-refractivity contribution in [1.82, 2.24) is 4.98 Å². The van der Waals surface area contributed by atoms with Crippen molar-refractivity contribution in [2.75, 3.05) is 0 Å². The molecule has 1 heterocycles. The van der Waals surface area contributed by atoms with Crippen molar-refractivity contribution < 1.29 is 0 Å². The maximum Gasteiger partial charge on any atom is 0.113 e. The molecule has 1 unspecified atom stereocenters. The summed E-state index contributed by atoms with van der Waals surface area (Å²) in [6.45, 7) is 2.03. The van der Waals surface area contributed by atoms with Gasteiger partial charge in [-0.1, -0.05) is 22.0 Å². The Morgan fingerprint density at radius 3 is 2.94 bits per heavy atom. The third-order valence-corrected chi connectivity index (χ3v) is 5.23. The van der Waals surface area contributed by atoms with Gasteiger partial charge in [0.25, 0.3) is 0 Å². The lowest BCUT2D eigenvalue weighted by Gasteiger charge is -2.33. The Morgan fingerprint density at radius 1 is 1.39 bits per heavy atom. The van der Waals surface area contributed by atoms with Gasteiger partial charge >= 0.3 is 0 Å². The summed E-state index contributed by atoms with van der Waals surface area (Å²) in [5.41, 5.74) is 10.2. The molecule has 0 saturated carbocycles. The first-order chi connectivity index (χ1) is 8.57. The number of nitrogens with zero attached hydrogens (tertiary/aromatic N) is 1. The molecule has 1 aliphatic carbocycles. The number of rotatable bonds is 1. The predicted octanol–water partition coefficient (Wildman–Crippen LogP) is 3.56. The van der Waals surface area contributed by atoms with Crippen molar-refractivity contribution in [2.45, 2.75) is 31.7 Å². The lowest BCUT2D eigenvalue weighted by atomic mass is 9.79. The van der Waals surface area contributed by atoms with Crippen molar-refractivity contribution in [1.29, 1.82) is 0 Å². The second-order valence-corrected chi connectivity index (χ2v) is 6.81. The van der Waals surface area contributed by atoms with Crippen molar-refractivity contribution in [3.63, 3.8) is 0 Å². The molecule has 1 aliphatic rings. The van der Waals surface area contributed by atoms with Gasteiger partial charge in [0.1, 0.15) is 5.01 Å². The van der Waals surface area contributed by atoms with E-state index in [1.807, 2.05) is 6.92 Å². The first-order valence-electron chi connectivity index (χ1n) is 6.06. The zero-order valence-corrected chi connectivity index (χ0v) is 12.6. The van der Waals surface area contributed by atoms with Gasteiger partial charge in [-0.25, -0.2) is 4.98 Å². The average Bonchev–Trinajstić information content (AvgIpc) is 2.77. The summed E-state index contributed by atoms with van der Waals surface area (Å²) in [5, 5.41) is 3.16. The highest BCUT2D eigenvalue weighted by molar-refractivity contribution is 9.10. The molecule has 2 N–H and O–H groups in total. The molecule has 2 aromatic rings. The van der Waals surface area contributed by atoms with Gasteiger partial charge in [-0.05, 0) is 49.4 Å². The Bertz CT molecular complexity index is 593. The maximum absolute atomic E-state index is 6.58. The van der Waals surface area contributed by atoms with Gasteiger partial charge in [0, 0.05) is 15.5 Å². The number of fused-ring (bicyclic) bond motifs is 1. The fraction of sp³-hybridized carbons (Fsp3) is 0.357. The summed E-state index contributed by atoms with van der Waals surface area (Å²) in [6, 6.07) is 6.49. The normalized spacial score (nSPS) is 22.8. The van der Waals surface area contributed by atoms with Crippen LogP contribution in [0.5, 0.6) is 0 Å². The summed E-state index contributed by atoms with van der Waals surface area (Å²) in [5.74, 6) is 0. The first kappa shape index (κ1) is 12.3. The topological polar surface area (TPSA) is 38.9 Å². The van der Waals surface area contributed by atoms with Crippen LogP contribution in [0.25, 0.3) is 0 Å². The molecule has 1 atom stereocenters. The number of benzene rings is 1. The number of aromatic nitrogens is 1. The van der Waals surface area contributed by atoms with Crippen LogP contribution < -0.4 is 5.73 Å². The molecule has 4 heteroatoms. The van der Waals surface area contributed by atoms with Crippen LogP contribution >= 0.6 is 27.3 Å². The quantitative estimate of drug-likeness (QED) is 0.871. The van der Waals surface area contributed by atoms with E-state index in [1.54, 1.807) is 11.3 Å². The van der Waals surface area contributed by atoms with Gasteiger partial charge in [-0.3, -0.25) is 0 Å². The summed E-state index contributed by atoms with van der Waals surface area (Å²) < 4.78 is 1.15. The number of nitrogens with two attached hydrogens (primary N) is 1. The van der Waals surface area contributed by atoms with Crippen LogP contribution in [0.1, 0.15) is 28.2 Å². The summed E-state index contributed by atoms with van der Waals surface area (Å²) in [7, 11) is 0. The van der Waals surface area contributed by atoms with E-state index in [2.05, 4.69) is 44.5 Å². The van der Waals surface area contributed by atoms with Gasteiger partial charge in [0.15, 0.2) is 0 Å². The van der Waals surface area contributed by atoms with E-state index in [1.165, 1.54) is 11.1 Å². The van der Waals surface area contributed by atoms with E-state index in [4.69, 9.17) is 5.73 Å². The minimum absolute atomic E-state index is 0.278. The Hall–Kier alpha value is -0.710. The molecular weight excluding hydrogens is 308 g/mol. The van der Waals surface area contributed by atoms with Crippen molar-refractivity contribution >= 4 is 27.3 Å². The third-order valence-electron chi connectivity index (χ3n) is 3.56. The second kappa shape index (κ2) is 4.44. The molecule has 0 fully saturated rings. The van der Waals surface area contributed by atoms with E-state index >= 15 is 0 Å². The predicted molar refractivity (Wildman–Crippen MR) is 78.9 cm³/mol. The van der Waals surface area contributed by atoms with Crippen LogP contribution in [0.2, 0.25) is 0 Å². The smallest absolute Gasteiger partial charge is 0.113 e. The molecular formula is C14H15BrN2S. The Kier molecular flexibility index (Phi) is 3.04. The molecule has 18 heavy (non-hydrogen) atoms. The zero-order valence-electron chi connectivity index (χ0n) is 10.2. The Morgan fingerprint density at radius 2 is 2.22 bits per heavy atom. The van der Waals surface area contributed by atoms with E-state index in [0.29, 0.717) is 0 Å². The van der Waals surface area contributed by atoms with Crippen LogP contribution in [0.3, 0.4) is 0 Å². The molecule has 94 valence electrons. The Balaban J connectivity index is 1.96. The van der Waals surface area contributed by atoms with Crippen LogP contribution in [-0.4, -0.2) is 4.98 Å². The molecule has 1 aromatic carbocycles. The number of thiazole rings is 1. The van der Waals surface area contributed by atoms with E-state index in [9.17, 15) is 0 Å². The molecule has 1 aromatic heterocycles. The highest BCUT2D eigenvalue weighted by atomic mass is 79.9. The largest absolute Gasteiger partial charge is 0.319 e. The van der Waals surface area contributed by atoms with Gasteiger partial charge < -0.3 is 5.73 Å². The highest BCUT2D eigenvalue weighted by Gasteiger charge is 2.34. The van der Waals surface area contributed by atoms with Crippen LogP contribution in [0.4, 0.5) is 0 Å².